The van der Waals surface area contributed by atoms with Crippen LogP contribution >= 0.6 is 0 Å². The maximum Gasteiger partial charge on any atom is 0.0701 e. The topological polar surface area (TPSA) is 46.2 Å². The fraction of sp³-hybridized carbons (Fsp3) is 1.00. The molecule has 33 heavy (non-hydrogen) atoms. The molecular weight excluding hydrogens is 416 g/mol. The molecule has 200 valence electrons. The van der Waals surface area contributed by atoms with Crippen molar-refractivity contribution in [1.82, 2.24) is 0 Å². The summed E-state index contributed by atoms with van der Waals surface area (Å²) in [6.07, 6.45) is 22.4. The lowest BCUT2D eigenvalue weighted by atomic mass is 10.0. The van der Waals surface area contributed by atoms with Gasteiger partial charge >= 0.3 is 0 Å². The zero-order chi connectivity index (χ0) is 23.9. The van der Waals surface area contributed by atoms with Crippen LogP contribution in [0.2, 0.25) is 0 Å². The molecule has 0 aromatic heterocycles. The number of ether oxygens (including phenoxy) is 5. The first kappa shape index (κ1) is 32.8. The van der Waals surface area contributed by atoms with Crippen LogP contribution in [0.3, 0.4) is 0 Å². The van der Waals surface area contributed by atoms with Crippen LogP contribution in [-0.4, -0.2) is 66.1 Å². The third-order valence-electron chi connectivity index (χ3n) is 5.83. The van der Waals surface area contributed by atoms with E-state index in [0.717, 1.165) is 13.2 Å². The number of hydrogen-bond acceptors (Lipinski definition) is 5. The van der Waals surface area contributed by atoms with Crippen LogP contribution in [0, 0.1) is 0 Å². The summed E-state index contributed by atoms with van der Waals surface area (Å²) < 4.78 is 27.2. The van der Waals surface area contributed by atoms with E-state index in [0.29, 0.717) is 52.9 Å². The molecule has 0 aliphatic carbocycles. The first-order valence-corrected chi connectivity index (χ1v) is 14.3. The highest BCUT2D eigenvalue weighted by molar-refractivity contribution is 4.50. The van der Waals surface area contributed by atoms with E-state index in [1.807, 2.05) is 6.92 Å². The van der Waals surface area contributed by atoms with E-state index in [9.17, 15) is 0 Å². The van der Waals surface area contributed by atoms with E-state index < -0.39 is 0 Å². The van der Waals surface area contributed by atoms with Crippen molar-refractivity contribution in [2.75, 3.05) is 66.1 Å². The summed E-state index contributed by atoms with van der Waals surface area (Å²) in [5.41, 5.74) is 0. The Balaban J connectivity index is 2.99. The monoisotopic (exact) mass is 474 g/mol. The van der Waals surface area contributed by atoms with Gasteiger partial charge in [0, 0.05) is 13.2 Å². The number of rotatable bonds is 30. The molecule has 0 rings (SSSR count). The average molecular weight is 475 g/mol. The van der Waals surface area contributed by atoms with Crippen LogP contribution in [0.4, 0.5) is 0 Å². The molecule has 5 heteroatoms. The molecule has 0 N–H and O–H groups in total. The van der Waals surface area contributed by atoms with E-state index in [4.69, 9.17) is 23.7 Å². The molecule has 0 bridgehead atoms. The summed E-state index contributed by atoms with van der Waals surface area (Å²) in [6.45, 7) is 10.9. The van der Waals surface area contributed by atoms with Crippen molar-refractivity contribution in [2.45, 2.75) is 117 Å². The molecule has 0 aliphatic heterocycles. The van der Waals surface area contributed by atoms with Crippen molar-refractivity contribution in [3.8, 4) is 0 Å². The molecule has 0 radical (unpaired) electrons. The van der Waals surface area contributed by atoms with Gasteiger partial charge in [-0.05, 0) is 13.3 Å². The molecule has 5 nitrogen and oxygen atoms in total. The zero-order valence-corrected chi connectivity index (χ0v) is 22.4. The minimum atomic E-state index is 0.602. The fourth-order valence-corrected chi connectivity index (χ4v) is 3.78. The Morgan fingerprint density at radius 2 is 0.545 bits per heavy atom. The summed E-state index contributed by atoms with van der Waals surface area (Å²) in [5, 5.41) is 0. The molecule has 0 atom stereocenters. The summed E-state index contributed by atoms with van der Waals surface area (Å²) in [7, 11) is 0. The number of unbranched alkanes of at least 4 members (excludes halogenated alkanes) is 15. The predicted molar refractivity (Wildman–Crippen MR) is 139 cm³/mol. The van der Waals surface area contributed by atoms with Crippen molar-refractivity contribution >= 4 is 0 Å². The maximum absolute atomic E-state index is 5.65. The summed E-state index contributed by atoms with van der Waals surface area (Å²) in [6, 6.07) is 0. The lowest BCUT2D eigenvalue weighted by Gasteiger charge is -2.07. The van der Waals surface area contributed by atoms with E-state index in [2.05, 4.69) is 6.92 Å². The molecule has 0 aliphatic rings. The van der Waals surface area contributed by atoms with Crippen molar-refractivity contribution in [2.24, 2.45) is 0 Å². The van der Waals surface area contributed by atoms with Gasteiger partial charge in [-0.1, -0.05) is 103 Å². The second-order valence-corrected chi connectivity index (χ2v) is 8.95. The Morgan fingerprint density at radius 1 is 0.273 bits per heavy atom. The standard InChI is InChI=1S/C28H58O5/c1-3-5-6-7-8-9-10-11-12-13-14-15-16-17-18-19-20-30-23-24-32-27-28-33-26-25-31-22-21-29-4-2/h3-28H2,1-2H3. The molecule has 0 aromatic carbocycles. The van der Waals surface area contributed by atoms with Crippen LogP contribution in [0.25, 0.3) is 0 Å². The van der Waals surface area contributed by atoms with Gasteiger partial charge < -0.3 is 23.7 Å². The first-order chi connectivity index (χ1) is 16.4. The third kappa shape index (κ3) is 31.8. The molecule has 0 aromatic rings. The second-order valence-electron chi connectivity index (χ2n) is 8.95. The highest BCUT2D eigenvalue weighted by Gasteiger charge is 1.96. The largest absolute Gasteiger partial charge is 0.379 e. The quantitative estimate of drug-likeness (QED) is 0.102. The summed E-state index contributed by atoms with van der Waals surface area (Å²) in [4.78, 5) is 0. The van der Waals surface area contributed by atoms with Gasteiger partial charge in [0.25, 0.3) is 0 Å². The fourth-order valence-electron chi connectivity index (χ4n) is 3.78. The van der Waals surface area contributed by atoms with E-state index in [1.165, 1.54) is 103 Å². The van der Waals surface area contributed by atoms with Gasteiger partial charge in [0.05, 0.1) is 52.9 Å². The number of hydrogen-bond donors (Lipinski definition) is 0. The van der Waals surface area contributed by atoms with E-state index >= 15 is 0 Å². The van der Waals surface area contributed by atoms with Gasteiger partial charge in [-0.2, -0.15) is 0 Å². The van der Waals surface area contributed by atoms with E-state index in [-0.39, 0.29) is 0 Å². The molecule has 0 amide bonds. The van der Waals surface area contributed by atoms with Crippen LogP contribution in [0.1, 0.15) is 117 Å². The smallest absolute Gasteiger partial charge is 0.0701 e. The Bertz CT molecular complexity index is 297. The lowest BCUT2D eigenvalue weighted by molar-refractivity contribution is -0.0104. The third-order valence-corrected chi connectivity index (χ3v) is 5.83. The molecular formula is C28H58O5. The van der Waals surface area contributed by atoms with Crippen molar-refractivity contribution in [1.29, 1.82) is 0 Å². The SMILES string of the molecule is CCCCCCCCCCCCCCCCCCOCCOCCOCCOCCOCC. The van der Waals surface area contributed by atoms with Crippen molar-refractivity contribution < 1.29 is 23.7 Å². The van der Waals surface area contributed by atoms with Gasteiger partial charge in [0.15, 0.2) is 0 Å². The van der Waals surface area contributed by atoms with Crippen LogP contribution < -0.4 is 0 Å². The zero-order valence-electron chi connectivity index (χ0n) is 22.4. The Kier molecular flexibility index (Phi) is 31.6. The first-order valence-electron chi connectivity index (χ1n) is 14.3. The minimum absolute atomic E-state index is 0.602. The average Bonchev–Trinajstić information content (AvgIpc) is 2.83. The summed E-state index contributed by atoms with van der Waals surface area (Å²) >= 11 is 0. The molecule has 0 spiro atoms. The van der Waals surface area contributed by atoms with E-state index in [1.54, 1.807) is 0 Å². The minimum Gasteiger partial charge on any atom is -0.379 e. The molecule has 0 saturated carbocycles. The van der Waals surface area contributed by atoms with Crippen LogP contribution in [0.15, 0.2) is 0 Å². The molecule has 0 unspecified atom stereocenters. The highest BCUT2D eigenvalue weighted by atomic mass is 16.6. The van der Waals surface area contributed by atoms with Crippen LogP contribution in [-0.2, 0) is 23.7 Å². The normalized spacial score (nSPS) is 11.5. The Hall–Kier alpha value is -0.200. The molecule has 0 saturated heterocycles. The molecule has 0 fully saturated rings. The van der Waals surface area contributed by atoms with Gasteiger partial charge in [-0.3, -0.25) is 0 Å². The lowest BCUT2D eigenvalue weighted by Crippen LogP contribution is -2.13. The predicted octanol–water partition coefficient (Wildman–Crippen LogP) is 7.35. The van der Waals surface area contributed by atoms with Gasteiger partial charge in [0.1, 0.15) is 0 Å². The van der Waals surface area contributed by atoms with Gasteiger partial charge in [0.2, 0.25) is 0 Å². The van der Waals surface area contributed by atoms with Crippen molar-refractivity contribution in [3.05, 3.63) is 0 Å². The van der Waals surface area contributed by atoms with Gasteiger partial charge in [-0.15, -0.1) is 0 Å². The van der Waals surface area contributed by atoms with Crippen molar-refractivity contribution in [3.63, 3.8) is 0 Å². The van der Waals surface area contributed by atoms with Gasteiger partial charge in [-0.25, -0.2) is 0 Å². The van der Waals surface area contributed by atoms with Crippen LogP contribution in [0.5, 0.6) is 0 Å². The Morgan fingerprint density at radius 3 is 0.879 bits per heavy atom. The highest BCUT2D eigenvalue weighted by Crippen LogP contribution is 2.13. The Labute approximate surface area is 206 Å². The molecule has 0 heterocycles. The second kappa shape index (κ2) is 31.8. The summed E-state index contributed by atoms with van der Waals surface area (Å²) in [5.74, 6) is 0. The maximum atomic E-state index is 5.65.